The molecule has 0 heterocycles. The minimum absolute atomic E-state index is 0. The maximum atomic E-state index is 12.7. The summed E-state index contributed by atoms with van der Waals surface area (Å²) in [5.74, 6) is -0.581. The molecule has 0 saturated carbocycles. The first-order valence-corrected chi connectivity index (χ1v) is 5.85. The van der Waals surface area contributed by atoms with Crippen LogP contribution in [0.1, 0.15) is 30.3 Å². The zero-order valence-corrected chi connectivity index (χ0v) is 10.1. The largest absolute Gasteiger partial charge is 0.322 e. The number of hydrogen-bond donors (Lipinski definition) is 1. The van der Waals surface area contributed by atoms with Gasteiger partial charge < -0.3 is 5.32 Å². The second-order valence-corrected chi connectivity index (χ2v) is 4.01. The monoisotopic (exact) mass is 259 g/mol. The Morgan fingerprint density at radius 1 is 1.16 bits per heavy atom. The lowest BCUT2D eigenvalue weighted by Gasteiger charge is -2.06. The van der Waals surface area contributed by atoms with E-state index < -0.39 is 0 Å². The predicted molar refractivity (Wildman–Crippen MR) is 76.9 cm³/mol. The van der Waals surface area contributed by atoms with Gasteiger partial charge in [0.2, 0.25) is 0 Å². The van der Waals surface area contributed by atoms with Gasteiger partial charge in [0, 0.05) is 11.3 Å². The van der Waals surface area contributed by atoms with E-state index >= 15 is 0 Å². The van der Waals surface area contributed by atoms with Gasteiger partial charge in [0.1, 0.15) is 5.82 Å². The van der Waals surface area contributed by atoms with Gasteiger partial charge in [0.15, 0.2) is 0 Å². The minimum atomic E-state index is -0.348. The summed E-state index contributed by atoms with van der Waals surface area (Å²) in [6, 6.07) is 13.2. The molecule has 0 aliphatic carbocycles. The van der Waals surface area contributed by atoms with Crippen molar-refractivity contribution in [3.05, 3.63) is 65.5 Å². The molecule has 2 nitrogen and oxygen atoms in total. The van der Waals surface area contributed by atoms with E-state index in [0.717, 1.165) is 17.7 Å². The third-order valence-corrected chi connectivity index (χ3v) is 2.70. The average Bonchev–Trinajstić information content (AvgIpc) is 2.39. The molecule has 2 aromatic carbocycles. The fourth-order valence-electron chi connectivity index (χ4n) is 1.67. The summed E-state index contributed by atoms with van der Waals surface area (Å²) in [4.78, 5) is 11.9. The number of nitrogens with one attached hydrogen (secondary N) is 1. The lowest BCUT2D eigenvalue weighted by Crippen LogP contribution is -2.11. The Balaban J connectivity index is 0.00000180. The van der Waals surface area contributed by atoms with Crippen LogP contribution >= 0.6 is 0 Å². The molecule has 0 fully saturated rings. The number of rotatable bonds is 3. The Morgan fingerprint density at radius 2 is 1.84 bits per heavy atom. The van der Waals surface area contributed by atoms with Crippen molar-refractivity contribution in [2.75, 3.05) is 5.32 Å². The molecule has 0 radical (unpaired) electrons. The van der Waals surface area contributed by atoms with Crippen LogP contribution < -0.4 is 5.32 Å². The lowest BCUT2D eigenvalue weighted by molar-refractivity contribution is 0.102. The van der Waals surface area contributed by atoms with Gasteiger partial charge in [-0.1, -0.05) is 26.5 Å². The lowest BCUT2D eigenvalue weighted by atomic mass is 10.1. The fourth-order valence-corrected chi connectivity index (χ4v) is 1.67. The molecule has 0 bridgehead atoms. The number of carbonyl (C=O) groups is 1. The van der Waals surface area contributed by atoms with Crippen LogP contribution in [0.25, 0.3) is 0 Å². The summed E-state index contributed by atoms with van der Waals surface area (Å²) < 4.78 is 12.7. The average molecular weight is 259 g/mol. The summed E-state index contributed by atoms with van der Waals surface area (Å²) in [6.45, 7) is 2.06. The number of halogens is 1. The molecule has 0 unspecified atom stereocenters. The predicted octanol–water partition coefficient (Wildman–Crippen LogP) is 4.28. The van der Waals surface area contributed by atoms with Crippen LogP contribution in [0.4, 0.5) is 10.1 Å². The molecule has 100 valence electrons. The highest BCUT2D eigenvalue weighted by Crippen LogP contribution is 2.13. The van der Waals surface area contributed by atoms with Crippen LogP contribution in [-0.4, -0.2) is 5.91 Å². The summed E-state index contributed by atoms with van der Waals surface area (Å²) in [5, 5.41) is 2.79. The van der Waals surface area contributed by atoms with Gasteiger partial charge in [0.25, 0.3) is 5.91 Å². The first kappa shape index (κ1) is 14.9. The van der Waals surface area contributed by atoms with Gasteiger partial charge in [-0.3, -0.25) is 4.79 Å². The van der Waals surface area contributed by atoms with Crippen LogP contribution in [0, 0.1) is 5.82 Å². The Bertz CT molecular complexity index is 549. The molecule has 0 atom stereocenters. The van der Waals surface area contributed by atoms with E-state index in [1.807, 2.05) is 24.3 Å². The van der Waals surface area contributed by atoms with Gasteiger partial charge in [-0.15, -0.1) is 0 Å². The summed E-state index contributed by atoms with van der Waals surface area (Å²) in [5.41, 5.74) is 2.36. The van der Waals surface area contributed by atoms with E-state index in [1.54, 1.807) is 0 Å². The van der Waals surface area contributed by atoms with E-state index in [0.29, 0.717) is 5.56 Å². The molecule has 0 aliphatic heterocycles. The van der Waals surface area contributed by atoms with Gasteiger partial charge in [-0.05, 0) is 48.4 Å². The maximum Gasteiger partial charge on any atom is 0.255 e. The van der Waals surface area contributed by atoms with Crippen molar-refractivity contribution in [1.82, 2.24) is 0 Å². The molecule has 3 heteroatoms. The Hall–Kier alpha value is -2.16. The van der Waals surface area contributed by atoms with E-state index in [-0.39, 0.29) is 19.2 Å². The van der Waals surface area contributed by atoms with E-state index in [2.05, 4.69) is 12.2 Å². The molecule has 2 aromatic rings. The molecular weight excluding hydrogens is 241 g/mol. The second-order valence-electron chi connectivity index (χ2n) is 4.01. The Morgan fingerprint density at radius 3 is 2.47 bits per heavy atom. The number of carbonyl (C=O) groups excluding carboxylic acids is 1. The quantitative estimate of drug-likeness (QED) is 0.876. The van der Waals surface area contributed by atoms with Gasteiger partial charge in [-0.2, -0.15) is 0 Å². The molecule has 1 amide bonds. The molecule has 0 aliphatic rings. The maximum absolute atomic E-state index is 12.7. The fraction of sp³-hybridized carbons (Fsp3) is 0.188. The Kier molecular flexibility index (Phi) is 5.24. The third-order valence-electron chi connectivity index (χ3n) is 2.70. The molecule has 1 N–H and O–H groups in total. The highest BCUT2D eigenvalue weighted by molar-refractivity contribution is 6.04. The SMILES string of the molecule is C.CCc1cccc(NC(=O)c2ccc(F)cc2)c1. The zero-order valence-electron chi connectivity index (χ0n) is 10.1. The summed E-state index contributed by atoms with van der Waals surface area (Å²) >= 11 is 0. The number of benzene rings is 2. The minimum Gasteiger partial charge on any atom is -0.322 e. The van der Waals surface area contributed by atoms with Gasteiger partial charge in [-0.25, -0.2) is 4.39 Å². The van der Waals surface area contributed by atoms with Crippen LogP contribution in [0.5, 0.6) is 0 Å². The van der Waals surface area contributed by atoms with E-state index in [1.165, 1.54) is 24.3 Å². The second kappa shape index (κ2) is 6.69. The first-order chi connectivity index (χ1) is 8.69. The molecule has 19 heavy (non-hydrogen) atoms. The van der Waals surface area contributed by atoms with Crippen LogP contribution in [-0.2, 0) is 6.42 Å². The molecule has 2 rings (SSSR count). The van der Waals surface area contributed by atoms with Crippen LogP contribution in [0.15, 0.2) is 48.5 Å². The van der Waals surface area contributed by atoms with Crippen molar-refractivity contribution >= 4 is 11.6 Å². The molecule has 0 aromatic heterocycles. The van der Waals surface area contributed by atoms with Gasteiger partial charge in [0.05, 0.1) is 0 Å². The van der Waals surface area contributed by atoms with Crippen molar-refractivity contribution in [2.24, 2.45) is 0 Å². The van der Waals surface area contributed by atoms with Crippen LogP contribution in [0.3, 0.4) is 0 Å². The number of hydrogen-bond acceptors (Lipinski definition) is 1. The standard InChI is InChI=1S/C15H14FNO.CH4/c1-2-11-4-3-5-14(10-11)17-15(18)12-6-8-13(16)9-7-12;/h3-10H,2H2,1H3,(H,17,18);1H4. The molecule has 0 spiro atoms. The number of anilines is 1. The molecular formula is C16H18FNO. The van der Waals surface area contributed by atoms with Crippen molar-refractivity contribution in [3.63, 3.8) is 0 Å². The van der Waals surface area contributed by atoms with E-state index in [9.17, 15) is 9.18 Å². The highest BCUT2D eigenvalue weighted by Gasteiger charge is 2.06. The normalized spacial score (nSPS) is 9.58. The third kappa shape index (κ3) is 3.91. The van der Waals surface area contributed by atoms with E-state index in [4.69, 9.17) is 0 Å². The number of aryl methyl sites for hydroxylation is 1. The smallest absolute Gasteiger partial charge is 0.255 e. The van der Waals surface area contributed by atoms with Crippen molar-refractivity contribution < 1.29 is 9.18 Å². The number of amides is 1. The zero-order chi connectivity index (χ0) is 13.0. The topological polar surface area (TPSA) is 29.1 Å². The van der Waals surface area contributed by atoms with Crippen molar-refractivity contribution in [2.45, 2.75) is 20.8 Å². The molecule has 0 saturated heterocycles. The van der Waals surface area contributed by atoms with Gasteiger partial charge >= 0.3 is 0 Å². The van der Waals surface area contributed by atoms with Crippen molar-refractivity contribution in [3.8, 4) is 0 Å². The summed E-state index contributed by atoms with van der Waals surface area (Å²) in [7, 11) is 0. The first-order valence-electron chi connectivity index (χ1n) is 5.85. The highest BCUT2D eigenvalue weighted by atomic mass is 19.1. The van der Waals surface area contributed by atoms with Crippen LogP contribution in [0.2, 0.25) is 0 Å². The van der Waals surface area contributed by atoms with Crippen molar-refractivity contribution in [1.29, 1.82) is 0 Å². The summed E-state index contributed by atoms with van der Waals surface area (Å²) in [6.07, 6.45) is 0.917. The Labute approximate surface area is 113 Å².